The van der Waals surface area contributed by atoms with E-state index >= 15 is 0 Å². The third kappa shape index (κ3) is 6.41. The minimum Gasteiger partial charge on any atom is -0.465 e. The van der Waals surface area contributed by atoms with Crippen molar-refractivity contribution >= 4 is 23.8 Å². The smallest absolute Gasteiger partial charge is 0.325 e. The molecule has 0 aliphatic carbocycles. The molecule has 0 atom stereocenters. The van der Waals surface area contributed by atoms with Crippen LogP contribution in [0.4, 0.5) is 4.79 Å². The molecule has 1 aliphatic heterocycles. The van der Waals surface area contributed by atoms with Crippen molar-refractivity contribution in [3.8, 4) is 0 Å². The molecule has 0 bridgehead atoms. The maximum atomic E-state index is 11.4. The van der Waals surface area contributed by atoms with Gasteiger partial charge in [0.15, 0.2) is 0 Å². The van der Waals surface area contributed by atoms with Crippen LogP contribution in [0.25, 0.3) is 0 Å². The molecule has 17 heavy (non-hydrogen) atoms. The van der Waals surface area contributed by atoms with Gasteiger partial charge in [-0.25, -0.2) is 4.79 Å². The molecular formula is C11H20N2O3S. The number of hydrogen-bond donors (Lipinski definition) is 2. The van der Waals surface area contributed by atoms with Crippen LogP contribution in [0.3, 0.4) is 0 Å². The van der Waals surface area contributed by atoms with Crippen molar-refractivity contribution in [3.63, 3.8) is 0 Å². The van der Waals surface area contributed by atoms with E-state index in [9.17, 15) is 9.59 Å². The summed E-state index contributed by atoms with van der Waals surface area (Å²) in [5, 5.41) is 5.26. The summed E-state index contributed by atoms with van der Waals surface area (Å²) in [7, 11) is 0. The molecule has 6 heteroatoms. The van der Waals surface area contributed by atoms with Crippen LogP contribution in [0, 0.1) is 5.92 Å². The van der Waals surface area contributed by atoms with Crippen molar-refractivity contribution in [1.82, 2.24) is 10.6 Å². The molecule has 0 aromatic rings. The summed E-state index contributed by atoms with van der Waals surface area (Å²) >= 11 is 1.96. The van der Waals surface area contributed by atoms with Gasteiger partial charge in [0.25, 0.3) is 0 Å². The highest BCUT2D eigenvalue weighted by Crippen LogP contribution is 2.21. The Hall–Kier alpha value is -0.910. The van der Waals surface area contributed by atoms with Crippen LogP contribution in [0.1, 0.15) is 19.8 Å². The molecule has 1 rings (SSSR count). The van der Waals surface area contributed by atoms with Gasteiger partial charge in [0.2, 0.25) is 0 Å². The molecular weight excluding hydrogens is 240 g/mol. The van der Waals surface area contributed by atoms with Crippen LogP contribution in [0.15, 0.2) is 0 Å². The van der Waals surface area contributed by atoms with Gasteiger partial charge in [0.05, 0.1) is 6.61 Å². The van der Waals surface area contributed by atoms with E-state index < -0.39 is 5.97 Å². The Balaban J connectivity index is 2.06. The summed E-state index contributed by atoms with van der Waals surface area (Å²) in [5.74, 6) is 2.52. The molecule has 0 aromatic carbocycles. The molecule has 2 amide bonds. The highest BCUT2D eigenvalue weighted by atomic mass is 32.2. The number of carbonyl (C=O) groups excluding carboxylic acids is 2. The zero-order valence-corrected chi connectivity index (χ0v) is 11.0. The average molecular weight is 260 g/mol. The van der Waals surface area contributed by atoms with E-state index in [2.05, 4.69) is 10.6 Å². The van der Waals surface area contributed by atoms with Crippen molar-refractivity contribution in [3.05, 3.63) is 0 Å². The summed E-state index contributed by atoms with van der Waals surface area (Å²) < 4.78 is 4.70. The molecule has 0 radical (unpaired) electrons. The SMILES string of the molecule is CCOC(=O)CNC(=O)NCC1CCSCC1. The highest BCUT2D eigenvalue weighted by molar-refractivity contribution is 7.99. The maximum Gasteiger partial charge on any atom is 0.325 e. The van der Waals surface area contributed by atoms with Gasteiger partial charge in [-0.1, -0.05) is 0 Å². The third-order valence-electron chi connectivity index (χ3n) is 2.59. The highest BCUT2D eigenvalue weighted by Gasteiger charge is 2.14. The Kier molecular flexibility index (Phi) is 6.84. The summed E-state index contributed by atoms with van der Waals surface area (Å²) in [6, 6.07) is -0.295. The molecule has 98 valence electrons. The molecule has 0 saturated carbocycles. The molecule has 2 N–H and O–H groups in total. The quantitative estimate of drug-likeness (QED) is 0.723. The van der Waals surface area contributed by atoms with E-state index in [0.717, 1.165) is 12.8 Å². The van der Waals surface area contributed by atoms with E-state index in [0.29, 0.717) is 19.1 Å². The van der Waals surface area contributed by atoms with Crippen LogP contribution >= 0.6 is 11.8 Å². The maximum absolute atomic E-state index is 11.4. The Labute approximate surface area is 106 Å². The van der Waals surface area contributed by atoms with Crippen molar-refractivity contribution in [2.24, 2.45) is 5.92 Å². The van der Waals surface area contributed by atoms with Crippen LogP contribution in [0.5, 0.6) is 0 Å². The van der Waals surface area contributed by atoms with Gasteiger partial charge in [-0.3, -0.25) is 4.79 Å². The van der Waals surface area contributed by atoms with E-state index in [-0.39, 0.29) is 12.6 Å². The molecule has 0 unspecified atom stereocenters. The molecule has 1 aliphatic rings. The molecule has 0 spiro atoms. The first-order valence-electron chi connectivity index (χ1n) is 5.97. The summed E-state index contributed by atoms with van der Waals surface area (Å²) in [6.45, 7) is 2.69. The first-order valence-corrected chi connectivity index (χ1v) is 7.13. The Morgan fingerprint density at radius 1 is 1.29 bits per heavy atom. The van der Waals surface area contributed by atoms with Crippen molar-refractivity contribution in [1.29, 1.82) is 0 Å². The monoisotopic (exact) mass is 260 g/mol. The van der Waals surface area contributed by atoms with E-state index in [4.69, 9.17) is 4.74 Å². The average Bonchev–Trinajstić information content (AvgIpc) is 2.35. The summed E-state index contributed by atoms with van der Waals surface area (Å²) in [6.07, 6.45) is 2.31. The fraction of sp³-hybridized carbons (Fsp3) is 0.818. The van der Waals surface area contributed by atoms with Gasteiger partial charge in [-0.05, 0) is 37.2 Å². The zero-order chi connectivity index (χ0) is 12.5. The van der Waals surface area contributed by atoms with Crippen molar-refractivity contribution in [2.45, 2.75) is 19.8 Å². The minimum atomic E-state index is -0.406. The number of esters is 1. The summed E-state index contributed by atoms with van der Waals surface area (Å²) in [5.41, 5.74) is 0. The molecule has 1 fully saturated rings. The molecule has 1 heterocycles. The number of carbonyl (C=O) groups is 2. The fourth-order valence-corrected chi connectivity index (χ4v) is 2.82. The zero-order valence-electron chi connectivity index (χ0n) is 10.2. The standard InChI is InChI=1S/C11H20N2O3S/c1-2-16-10(14)8-13-11(15)12-7-9-3-5-17-6-4-9/h9H,2-8H2,1H3,(H2,12,13,15). The van der Waals surface area contributed by atoms with Crippen molar-refractivity contribution < 1.29 is 14.3 Å². The van der Waals surface area contributed by atoms with Crippen LogP contribution in [-0.4, -0.2) is 43.2 Å². The van der Waals surface area contributed by atoms with Gasteiger partial charge in [0.1, 0.15) is 6.54 Å². The molecule has 0 aromatic heterocycles. The number of rotatable bonds is 5. The topological polar surface area (TPSA) is 67.4 Å². The number of nitrogens with one attached hydrogen (secondary N) is 2. The van der Waals surface area contributed by atoms with Crippen molar-refractivity contribution in [2.75, 3.05) is 31.2 Å². The number of thioether (sulfide) groups is 1. The second kappa shape index (κ2) is 8.22. The Bertz CT molecular complexity index is 255. The van der Waals surface area contributed by atoms with Crippen LogP contribution in [0.2, 0.25) is 0 Å². The van der Waals surface area contributed by atoms with Gasteiger partial charge < -0.3 is 15.4 Å². The molecule has 1 saturated heterocycles. The van der Waals surface area contributed by atoms with E-state index in [1.54, 1.807) is 6.92 Å². The summed E-state index contributed by atoms with van der Waals surface area (Å²) in [4.78, 5) is 22.3. The van der Waals surface area contributed by atoms with Gasteiger partial charge in [-0.15, -0.1) is 0 Å². The Morgan fingerprint density at radius 2 is 2.00 bits per heavy atom. The first kappa shape index (κ1) is 14.2. The first-order chi connectivity index (χ1) is 8.22. The lowest BCUT2D eigenvalue weighted by Gasteiger charge is -2.21. The predicted molar refractivity (Wildman–Crippen MR) is 68.1 cm³/mol. The van der Waals surface area contributed by atoms with E-state index in [1.165, 1.54) is 11.5 Å². The number of amides is 2. The van der Waals surface area contributed by atoms with Crippen LogP contribution in [-0.2, 0) is 9.53 Å². The minimum absolute atomic E-state index is 0.0693. The lowest BCUT2D eigenvalue weighted by Crippen LogP contribution is -2.41. The third-order valence-corrected chi connectivity index (χ3v) is 3.64. The van der Waals surface area contributed by atoms with Crippen LogP contribution < -0.4 is 10.6 Å². The normalized spacial score (nSPS) is 16.3. The molecule has 5 nitrogen and oxygen atoms in total. The predicted octanol–water partition coefficient (Wildman–Crippen LogP) is 0.992. The van der Waals surface area contributed by atoms with E-state index in [1.807, 2.05) is 11.8 Å². The largest absolute Gasteiger partial charge is 0.465 e. The number of ether oxygens (including phenoxy) is 1. The lowest BCUT2D eigenvalue weighted by molar-refractivity contribution is -0.141. The Morgan fingerprint density at radius 3 is 2.65 bits per heavy atom. The number of urea groups is 1. The number of hydrogen-bond acceptors (Lipinski definition) is 4. The van der Waals surface area contributed by atoms with Gasteiger partial charge in [-0.2, -0.15) is 11.8 Å². The van der Waals surface area contributed by atoms with Gasteiger partial charge >= 0.3 is 12.0 Å². The second-order valence-corrected chi connectivity index (χ2v) is 5.15. The lowest BCUT2D eigenvalue weighted by atomic mass is 10.0. The fourth-order valence-electron chi connectivity index (χ4n) is 1.61. The van der Waals surface area contributed by atoms with Gasteiger partial charge in [0, 0.05) is 6.54 Å². The second-order valence-electron chi connectivity index (χ2n) is 3.92.